The van der Waals surface area contributed by atoms with Gasteiger partial charge in [-0.05, 0) is 44.4 Å². The summed E-state index contributed by atoms with van der Waals surface area (Å²) in [6.07, 6.45) is 8.25. The third kappa shape index (κ3) is 2.46. The van der Waals surface area contributed by atoms with Gasteiger partial charge in [0.2, 0.25) is 0 Å². The van der Waals surface area contributed by atoms with E-state index in [-0.39, 0.29) is 5.91 Å². The highest BCUT2D eigenvalue weighted by molar-refractivity contribution is 5.92. The van der Waals surface area contributed by atoms with E-state index >= 15 is 0 Å². The average Bonchev–Trinajstić information content (AvgIpc) is 3.17. The van der Waals surface area contributed by atoms with Gasteiger partial charge in [0.1, 0.15) is 5.69 Å². The summed E-state index contributed by atoms with van der Waals surface area (Å²) in [5.41, 5.74) is 1.27. The molecule has 0 aromatic carbocycles. The molecular formula is C13H17N3O. The second kappa shape index (κ2) is 4.09. The van der Waals surface area contributed by atoms with E-state index in [0.717, 1.165) is 5.69 Å². The first-order valence-electron chi connectivity index (χ1n) is 6.33. The molecule has 90 valence electrons. The van der Waals surface area contributed by atoms with Gasteiger partial charge in [-0.1, -0.05) is 0 Å². The lowest BCUT2D eigenvalue weighted by atomic mass is 10.1. The molecule has 2 aliphatic carbocycles. The summed E-state index contributed by atoms with van der Waals surface area (Å²) >= 11 is 0. The van der Waals surface area contributed by atoms with Crippen molar-refractivity contribution in [2.24, 2.45) is 11.8 Å². The van der Waals surface area contributed by atoms with Crippen LogP contribution in [-0.4, -0.2) is 21.9 Å². The summed E-state index contributed by atoms with van der Waals surface area (Å²) in [6, 6.07) is 0.380. The molecule has 2 fully saturated rings. The Morgan fingerprint density at radius 3 is 2.35 bits per heavy atom. The molecule has 2 aliphatic rings. The standard InChI is InChI=1S/C13H17N3O/c1-8-6-15-11(7-14-8)13(17)16-12(9-2-3-9)10-4-5-10/h6-7,9-10,12H,2-5H2,1H3,(H,16,17). The monoisotopic (exact) mass is 231 g/mol. The number of nitrogens with one attached hydrogen (secondary N) is 1. The minimum absolute atomic E-state index is 0.0682. The number of amides is 1. The van der Waals surface area contributed by atoms with Crippen molar-refractivity contribution in [3.63, 3.8) is 0 Å². The largest absolute Gasteiger partial charge is 0.347 e. The predicted octanol–water partition coefficient (Wildman–Crippen LogP) is 1.70. The van der Waals surface area contributed by atoms with Gasteiger partial charge in [-0.3, -0.25) is 9.78 Å². The van der Waals surface area contributed by atoms with Crippen LogP contribution in [0.2, 0.25) is 0 Å². The highest BCUT2D eigenvalue weighted by atomic mass is 16.2. The smallest absolute Gasteiger partial charge is 0.271 e. The molecule has 0 spiro atoms. The van der Waals surface area contributed by atoms with Crippen molar-refractivity contribution in [3.8, 4) is 0 Å². The Kier molecular flexibility index (Phi) is 2.57. The normalized spacial score (nSPS) is 19.4. The molecule has 1 amide bonds. The number of aryl methyl sites for hydroxylation is 1. The van der Waals surface area contributed by atoms with Crippen LogP contribution in [0.4, 0.5) is 0 Å². The topological polar surface area (TPSA) is 54.9 Å². The third-order valence-electron chi connectivity index (χ3n) is 3.57. The van der Waals surface area contributed by atoms with E-state index < -0.39 is 0 Å². The summed E-state index contributed by atoms with van der Waals surface area (Å²) < 4.78 is 0. The highest BCUT2D eigenvalue weighted by Gasteiger charge is 2.42. The van der Waals surface area contributed by atoms with Gasteiger partial charge in [-0.2, -0.15) is 0 Å². The van der Waals surface area contributed by atoms with Crippen molar-refractivity contribution in [1.29, 1.82) is 0 Å². The third-order valence-corrected chi connectivity index (χ3v) is 3.57. The molecule has 4 heteroatoms. The van der Waals surface area contributed by atoms with E-state index in [0.29, 0.717) is 23.6 Å². The zero-order valence-corrected chi connectivity index (χ0v) is 10.0. The molecule has 17 heavy (non-hydrogen) atoms. The molecule has 0 saturated heterocycles. The SMILES string of the molecule is Cc1cnc(C(=O)NC(C2CC2)C2CC2)cn1. The van der Waals surface area contributed by atoms with Crippen molar-refractivity contribution in [2.45, 2.75) is 38.6 Å². The van der Waals surface area contributed by atoms with Gasteiger partial charge < -0.3 is 5.32 Å². The van der Waals surface area contributed by atoms with E-state index in [4.69, 9.17) is 0 Å². The fourth-order valence-corrected chi connectivity index (χ4v) is 2.27. The van der Waals surface area contributed by atoms with Crippen molar-refractivity contribution < 1.29 is 4.79 Å². The molecule has 1 N–H and O–H groups in total. The van der Waals surface area contributed by atoms with Gasteiger partial charge in [0.25, 0.3) is 5.91 Å². The second-order valence-corrected chi connectivity index (χ2v) is 5.22. The highest BCUT2D eigenvalue weighted by Crippen LogP contribution is 2.44. The zero-order valence-electron chi connectivity index (χ0n) is 10.0. The first-order valence-corrected chi connectivity index (χ1v) is 6.33. The molecule has 1 heterocycles. The van der Waals surface area contributed by atoms with Gasteiger partial charge in [0, 0.05) is 12.2 Å². The second-order valence-electron chi connectivity index (χ2n) is 5.22. The average molecular weight is 231 g/mol. The van der Waals surface area contributed by atoms with Crippen LogP contribution in [0.25, 0.3) is 0 Å². The van der Waals surface area contributed by atoms with Crippen molar-refractivity contribution in [1.82, 2.24) is 15.3 Å². The number of hydrogen-bond donors (Lipinski definition) is 1. The fraction of sp³-hybridized carbons (Fsp3) is 0.615. The van der Waals surface area contributed by atoms with Crippen LogP contribution in [0, 0.1) is 18.8 Å². The molecule has 0 atom stereocenters. The van der Waals surface area contributed by atoms with Crippen molar-refractivity contribution in [3.05, 3.63) is 23.8 Å². The maximum Gasteiger partial charge on any atom is 0.271 e. The minimum atomic E-state index is -0.0682. The van der Waals surface area contributed by atoms with Crippen LogP contribution >= 0.6 is 0 Å². The first-order chi connectivity index (χ1) is 8.24. The summed E-state index contributed by atoms with van der Waals surface area (Å²) in [5.74, 6) is 1.36. The number of aromatic nitrogens is 2. The molecular weight excluding hydrogens is 214 g/mol. The Morgan fingerprint density at radius 2 is 1.88 bits per heavy atom. The molecule has 0 radical (unpaired) electrons. The first kappa shape index (κ1) is 10.7. The number of carbonyl (C=O) groups excluding carboxylic acids is 1. The minimum Gasteiger partial charge on any atom is -0.347 e. The molecule has 2 saturated carbocycles. The van der Waals surface area contributed by atoms with Crippen LogP contribution in [0.15, 0.2) is 12.4 Å². The molecule has 4 nitrogen and oxygen atoms in total. The van der Waals surface area contributed by atoms with Crippen molar-refractivity contribution in [2.75, 3.05) is 0 Å². The maximum absolute atomic E-state index is 12.0. The van der Waals surface area contributed by atoms with Gasteiger partial charge in [-0.25, -0.2) is 4.98 Å². The Labute approximate surface area is 101 Å². The quantitative estimate of drug-likeness (QED) is 0.858. The van der Waals surface area contributed by atoms with Crippen LogP contribution < -0.4 is 5.32 Å². The van der Waals surface area contributed by atoms with E-state index in [2.05, 4.69) is 15.3 Å². The van der Waals surface area contributed by atoms with Crippen LogP contribution in [0.1, 0.15) is 41.9 Å². The number of rotatable bonds is 4. The molecule has 1 aromatic heterocycles. The summed E-state index contributed by atoms with van der Waals surface area (Å²) in [4.78, 5) is 20.2. The van der Waals surface area contributed by atoms with Gasteiger partial charge in [-0.15, -0.1) is 0 Å². The summed E-state index contributed by atoms with van der Waals surface area (Å²) in [6.45, 7) is 1.87. The molecule has 1 aromatic rings. The molecule has 0 aliphatic heterocycles. The predicted molar refractivity (Wildman–Crippen MR) is 63.5 cm³/mol. The van der Waals surface area contributed by atoms with Crippen LogP contribution in [-0.2, 0) is 0 Å². The van der Waals surface area contributed by atoms with Crippen LogP contribution in [0.3, 0.4) is 0 Å². The number of carbonyl (C=O) groups is 1. The van der Waals surface area contributed by atoms with Crippen LogP contribution in [0.5, 0.6) is 0 Å². The summed E-state index contributed by atoms with van der Waals surface area (Å²) in [5, 5.41) is 3.14. The lowest BCUT2D eigenvalue weighted by Gasteiger charge is -2.17. The van der Waals surface area contributed by atoms with E-state index in [1.807, 2.05) is 6.92 Å². The lowest BCUT2D eigenvalue weighted by molar-refractivity contribution is 0.0921. The lowest BCUT2D eigenvalue weighted by Crippen LogP contribution is -2.38. The van der Waals surface area contributed by atoms with Crippen molar-refractivity contribution >= 4 is 5.91 Å². The van der Waals surface area contributed by atoms with E-state index in [1.165, 1.54) is 25.7 Å². The maximum atomic E-state index is 12.0. The molecule has 0 bridgehead atoms. The zero-order chi connectivity index (χ0) is 11.8. The Hall–Kier alpha value is -1.45. The number of hydrogen-bond acceptors (Lipinski definition) is 3. The van der Waals surface area contributed by atoms with Gasteiger partial charge in [0.15, 0.2) is 0 Å². The number of nitrogens with zero attached hydrogens (tertiary/aromatic N) is 2. The summed E-state index contributed by atoms with van der Waals surface area (Å²) in [7, 11) is 0. The Bertz CT molecular complexity index is 409. The molecule has 0 unspecified atom stereocenters. The van der Waals surface area contributed by atoms with Gasteiger partial charge >= 0.3 is 0 Å². The Balaban J connectivity index is 1.67. The van der Waals surface area contributed by atoms with Gasteiger partial charge in [0.05, 0.1) is 11.9 Å². The van der Waals surface area contributed by atoms with E-state index in [1.54, 1.807) is 12.4 Å². The Morgan fingerprint density at radius 1 is 1.24 bits per heavy atom. The molecule has 3 rings (SSSR count). The fourth-order valence-electron chi connectivity index (χ4n) is 2.27. The van der Waals surface area contributed by atoms with E-state index in [9.17, 15) is 4.79 Å².